The van der Waals surface area contributed by atoms with Crippen LogP contribution < -0.4 is 4.74 Å². The molecule has 1 aromatic rings. The fourth-order valence-electron chi connectivity index (χ4n) is 0.637. The van der Waals surface area contributed by atoms with Gasteiger partial charge in [-0.15, -0.1) is 0 Å². The Labute approximate surface area is 89.6 Å². The fourth-order valence-corrected chi connectivity index (χ4v) is 1.15. The molecule has 3 nitrogen and oxygen atoms in total. The molecular formula is C7H8ClIN2O. The molecule has 0 radical (unpaired) electrons. The van der Waals surface area contributed by atoms with Crippen molar-refractivity contribution in [2.24, 2.45) is 0 Å². The zero-order valence-corrected chi connectivity index (χ0v) is 9.63. The summed E-state index contributed by atoms with van der Waals surface area (Å²) in [5, 5.41) is 0.214. The smallest absolute Gasteiger partial charge is 0.231 e. The lowest BCUT2D eigenvalue weighted by molar-refractivity contribution is 0.230. The van der Waals surface area contributed by atoms with Crippen LogP contribution in [0.3, 0.4) is 0 Å². The van der Waals surface area contributed by atoms with Gasteiger partial charge in [-0.3, -0.25) is 0 Å². The first-order chi connectivity index (χ1) is 5.59. The molecule has 66 valence electrons. The minimum Gasteiger partial charge on any atom is -0.474 e. The number of aromatic nitrogens is 2. The predicted octanol–water partition coefficient (Wildman–Crippen LogP) is 2.52. The third-order valence-electron chi connectivity index (χ3n) is 1.03. The highest BCUT2D eigenvalue weighted by Crippen LogP contribution is 2.19. The summed E-state index contributed by atoms with van der Waals surface area (Å²) in [7, 11) is 0. The summed E-state index contributed by atoms with van der Waals surface area (Å²) in [5.41, 5.74) is 0. The summed E-state index contributed by atoms with van der Waals surface area (Å²) in [6.45, 7) is 3.87. The second kappa shape index (κ2) is 4.23. The Kier molecular flexibility index (Phi) is 3.52. The van der Waals surface area contributed by atoms with Crippen molar-refractivity contribution in [2.75, 3.05) is 0 Å². The van der Waals surface area contributed by atoms with E-state index in [4.69, 9.17) is 16.3 Å². The van der Waals surface area contributed by atoms with Crippen LogP contribution in [0.5, 0.6) is 5.88 Å². The van der Waals surface area contributed by atoms with Gasteiger partial charge in [-0.1, -0.05) is 0 Å². The van der Waals surface area contributed by atoms with Gasteiger partial charge in [0.05, 0.1) is 9.67 Å². The van der Waals surface area contributed by atoms with E-state index in [1.54, 1.807) is 6.20 Å². The highest BCUT2D eigenvalue weighted by Gasteiger charge is 2.05. The van der Waals surface area contributed by atoms with Crippen LogP contribution in [0.25, 0.3) is 0 Å². The standard InChI is InChI=1S/C7H8ClIN2O/c1-4(2)12-6-5(9)3-10-7(8)11-6/h3-4H,1-2H3. The first-order valence-corrected chi connectivity index (χ1v) is 4.90. The van der Waals surface area contributed by atoms with Gasteiger partial charge in [-0.25, -0.2) is 4.98 Å². The van der Waals surface area contributed by atoms with Gasteiger partial charge in [-0.05, 0) is 48.0 Å². The second-order valence-electron chi connectivity index (χ2n) is 2.46. The molecule has 0 aliphatic heterocycles. The topological polar surface area (TPSA) is 35.0 Å². The predicted molar refractivity (Wildman–Crippen MR) is 55.5 cm³/mol. The monoisotopic (exact) mass is 298 g/mol. The average Bonchev–Trinajstić information content (AvgIpc) is 1.96. The number of nitrogens with zero attached hydrogens (tertiary/aromatic N) is 2. The van der Waals surface area contributed by atoms with Crippen LogP contribution in [-0.4, -0.2) is 16.1 Å². The van der Waals surface area contributed by atoms with Crippen molar-refractivity contribution in [1.29, 1.82) is 0 Å². The highest BCUT2D eigenvalue weighted by atomic mass is 127. The maximum atomic E-state index is 5.59. The van der Waals surface area contributed by atoms with Crippen molar-refractivity contribution in [3.05, 3.63) is 15.1 Å². The molecule has 0 spiro atoms. The molecular weight excluding hydrogens is 290 g/mol. The van der Waals surface area contributed by atoms with Gasteiger partial charge in [0.1, 0.15) is 0 Å². The van der Waals surface area contributed by atoms with Crippen molar-refractivity contribution in [3.63, 3.8) is 0 Å². The van der Waals surface area contributed by atoms with Crippen molar-refractivity contribution < 1.29 is 4.74 Å². The van der Waals surface area contributed by atoms with Gasteiger partial charge in [0.2, 0.25) is 11.2 Å². The van der Waals surface area contributed by atoms with Crippen LogP contribution in [0.4, 0.5) is 0 Å². The van der Waals surface area contributed by atoms with E-state index in [1.165, 1.54) is 0 Å². The fraction of sp³-hybridized carbons (Fsp3) is 0.429. The average molecular weight is 299 g/mol. The summed E-state index contributed by atoms with van der Waals surface area (Å²) in [6, 6.07) is 0. The largest absolute Gasteiger partial charge is 0.474 e. The molecule has 5 heteroatoms. The Bertz CT molecular complexity index is 280. The van der Waals surface area contributed by atoms with E-state index < -0.39 is 0 Å². The quantitative estimate of drug-likeness (QED) is 0.621. The Morgan fingerprint density at radius 3 is 2.83 bits per heavy atom. The SMILES string of the molecule is CC(C)Oc1nc(Cl)ncc1I. The van der Waals surface area contributed by atoms with E-state index in [0.717, 1.165) is 3.57 Å². The normalized spacial score (nSPS) is 10.4. The Morgan fingerprint density at radius 1 is 1.58 bits per heavy atom. The number of hydrogen-bond donors (Lipinski definition) is 0. The molecule has 0 atom stereocenters. The highest BCUT2D eigenvalue weighted by molar-refractivity contribution is 14.1. The van der Waals surface area contributed by atoms with E-state index in [9.17, 15) is 0 Å². The van der Waals surface area contributed by atoms with Crippen LogP contribution >= 0.6 is 34.2 Å². The van der Waals surface area contributed by atoms with Crippen LogP contribution in [0, 0.1) is 3.57 Å². The van der Waals surface area contributed by atoms with Gasteiger partial charge >= 0.3 is 0 Å². The van der Waals surface area contributed by atoms with E-state index in [0.29, 0.717) is 5.88 Å². The molecule has 0 unspecified atom stereocenters. The number of rotatable bonds is 2. The van der Waals surface area contributed by atoms with Crippen molar-refractivity contribution >= 4 is 34.2 Å². The summed E-state index contributed by atoms with van der Waals surface area (Å²) in [6.07, 6.45) is 1.73. The Hall–Kier alpha value is -0.100. The molecule has 1 rings (SSSR count). The van der Waals surface area contributed by atoms with Crippen LogP contribution in [0.2, 0.25) is 5.28 Å². The lowest BCUT2D eigenvalue weighted by Gasteiger charge is -2.09. The minimum atomic E-state index is 0.101. The Balaban J connectivity index is 2.90. The molecule has 0 saturated heterocycles. The van der Waals surface area contributed by atoms with Crippen molar-refractivity contribution in [2.45, 2.75) is 20.0 Å². The van der Waals surface area contributed by atoms with Crippen LogP contribution in [-0.2, 0) is 0 Å². The molecule has 0 aliphatic carbocycles. The first-order valence-electron chi connectivity index (χ1n) is 3.44. The molecule has 12 heavy (non-hydrogen) atoms. The first kappa shape index (κ1) is 9.98. The molecule has 0 fully saturated rings. The lowest BCUT2D eigenvalue weighted by Crippen LogP contribution is -2.08. The van der Waals surface area contributed by atoms with E-state index in [2.05, 4.69) is 32.6 Å². The number of hydrogen-bond acceptors (Lipinski definition) is 3. The molecule has 0 N–H and O–H groups in total. The van der Waals surface area contributed by atoms with Crippen molar-refractivity contribution in [1.82, 2.24) is 9.97 Å². The van der Waals surface area contributed by atoms with Gasteiger partial charge < -0.3 is 4.74 Å². The van der Waals surface area contributed by atoms with Crippen LogP contribution in [0.1, 0.15) is 13.8 Å². The molecule has 0 aromatic carbocycles. The lowest BCUT2D eigenvalue weighted by atomic mass is 10.5. The van der Waals surface area contributed by atoms with E-state index in [1.807, 2.05) is 13.8 Å². The van der Waals surface area contributed by atoms with E-state index in [-0.39, 0.29) is 11.4 Å². The van der Waals surface area contributed by atoms with Gasteiger partial charge in [-0.2, -0.15) is 4.98 Å². The summed E-state index contributed by atoms with van der Waals surface area (Å²) in [5.74, 6) is 0.547. The minimum absolute atomic E-state index is 0.101. The molecule has 1 aromatic heterocycles. The third-order valence-corrected chi connectivity index (χ3v) is 1.95. The molecule has 0 saturated carbocycles. The zero-order chi connectivity index (χ0) is 9.14. The second-order valence-corrected chi connectivity index (χ2v) is 3.96. The van der Waals surface area contributed by atoms with Crippen molar-refractivity contribution in [3.8, 4) is 5.88 Å². The zero-order valence-electron chi connectivity index (χ0n) is 6.71. The summed E-state index contributed by atoms with van der Waals surface area (Å²) >= 11 is 7.70. The Morgan fingerprint density at radius 2 is 2.25 bits per heavy atom. The number of halogens is 2. The molecule has 1 heterocycles. The molecule has 0 aliphatic rings. The van der Waals surface area contributed by atoms with Gasteiger partial charge in [0.15, 0.2) is 0 Å². The van der Waals surface area contributed by atoms with Crippen LogP contribution in [0.15, 0.2) is 6.20 Å². The number of ether oxygens (including phenoxy) is 1. The maximum absolute atomic E-state index is 5.59. The summed E-state index contributed by atoms with van der Waals surface area (Å²) in [4.78, 5) is 7.75. The maximum Gasteiger partial charge on any atom is 0.231 e. The van der Waals surface area contributed by atoms with E-state index >= 15 is 0 Å². The van der Waals surface area contributed by atoms with Gasteiger partial charge in [0.25, 0.3) is 0 Å². The van der Waals surface area contributed by atoms with Gasteiger partial charge in [0, 0.05) is 6.20 Å². The molecule has 0 amide bonds. The third kappa shape index (κ3) is 2.75. The molecule has 0 bridgehead atoms. The summed E-state index contributed by atoms with van der Waals surface area (Å²) < 4.78 is 6.25.